The van der Waals surface area contributed by atoms with Crippen molar-refractivity contribution < 1.29 is 4.74 Å². The van der Waals surface area contributed by atoms with Gasteiger partial charge in [0.15, 0.2) is 0 Å². The molecule has 1 heterocycles. The third-order valence-corrected chi connectivity index (χ3v) is 4.06. The summed E-state index contributed by atoms with van der Waals surface area (Å²) in [6, 6.07) is 5.01. The summed E-state index contributed by atoms with van der Waals surface area (Å²) >= 11 is 0. The number of hydrogen-bond acceptors (Lipinski definition) is 2. The van der Waals surface area contributed by atoms with E-state index >= 15 is 0 Å². The van der Waals surface area contributed by atoms with Gasteiger partial charge < -0.3 is 10.1 Å². The first-order chi connectivity index (χ1) is 9.11. The first-order valence-electron chi connectivity index (χ1n) is 7.54. The second kappa shape index (κ2) is 6.53. The van der Waals surface area contributed by atoms with Crippen molar-refractivity contribution in [3.05, 3.63) is 34.4 Å². The fraction of sp³-hybridized carbons (Fsp3) is 0.647. The van der Waals surface area contributed by atoms with Crippen molar-refractivity contribution in [3.63, 3.8) is 0 Å². The molecule has 0 spiro atoms. The van der Waals surface area contributed by atoms with E-state index in [0.717, 1.165) is 19.6 Å². The molecule has 1 aliphatic rings. The highest BCUT2D eigenvalue weighted by Crippen LogP contribution is 2.30. The van der Waals surface area contributed by atoms with Crippen LogP contribution in [0.5, 0.6) is 0 Å². The van der Waals surface area contributed by atoms with E-state index < -0.39 is 0 Å². The van der Waals surface area contributed by atoms with Gasteiger partial charge >= 0.3 is 0 Å². The number of benzene rings is 1. The number of rotatable bonds is 5. The Hall–Kier alpha value is -0.860. The van der Waals surface area contributed by atoms with E-state index in [4.69, 9.17) is 4.74 Å². The molecule has 2 rings (SSSR count). The van der Waals surface area contributed by atoms with Crippen molar-refractivity contribution in [2.24, 2.45) is 0 Å². The molecule has 1 aromatic carbocycles. The van der Waals surface area contributed by atoms with Crippen LogP contribution in [0.4, 0.5) is 0 Å². The minimum atomic E-state index is 0.425. The molecule has 1 aliphatic heterocycles. The van der Waals surface area contributed by atoms with Crippen LogP contribution in [0.1, 0.15) is 54.5 Å². The summed E-state index contributed by atoms with van der Waals surface area (Å²) in [7, 11) is 0. The van der Waals surface area contributed by atoms with Gasteiger partial charge in [0.25, 0.3) is 0 Å². The molecule has 2 nitrogen and oxygen atoms in total. The molecule has 2 unspecified atom stereocenters. The molecule has 0 bridgehead atoms. The monoisotopic (exact) mass is 261 g/mol. The van der Waals surface area contributed by atoms with Crippen molar-refractivity contribution in [2.45, 2.75) is 59.1 Å². The largest absolute Gasteiger partial charge is 0.378 e. The number of ether oxygens (including phenoxy) is 1. The fourth-order valence-electron chi connectivity index (χ4n) is 3.38. The Morgan fingerprint density at radius 2 is 1.95 bits per heavy atom. The van der Waals surface area contributed by atoms with Gasteiger partial charge in [-0.05, 0) is 63.3 Å². The summed E-state index contributed by atoms with van der Waals surface area (Å²) in [6.45, 7) is 10.8. The quantitative estimate of drug-likeness (QED) is 0.869. The van der Waals surface area contributed by atoms with E-state index in [-0.39, 0.29) is 0 Å². The van der Waals surface area contributed by atoms with E-state index in [2.05, 4.69) is 45.1 Å². The third-order valence-electron chi connectivity index (χ3n) is 4.06. The second-order valence-corrected chi connectivity index (χ2v) is 5.79. The molecular formula is C17H27NO. The maximum atomic E-state index is 5.81. The Morgan fingerprint density at radius 3 is 2.47 bits per heavy atom. The summed E-state index contributed by atoms with van der Waals surface area (Å²) in [4.78, 5) is 0. The van der Waals surface area contributed by atoms with Gasteiger partial charge in [0.05, 0.1) is 6.10 Å². The Kier molecular flexibility index (Phi) is 5.00. The van der Waals surface area contributed by atoms with E-state index in [0.29, 0.717) is 12.1 Å². The van der Waals surface area contributed by atoms with E-state index in [1.165, 1.54) is 35.1 Å². The molecule has 0 aliphatic carbocycles. The van der Waals surface area contributed by atoms with Crippen molar-refractivity contribution in [3.8, 4) is 0 Å². The first-order valence-corrected chi connectivity index (χ1v) is 7.54. The summed E-state index contributed by atoms with van der Waals surface area (Å²) in [5.41, 5.74) is 5.64. The summed E-state index contributed by atoms with van der Waals surface area (Å²) in [5, 5.41) is 3.65. The van der Waals surface area contributed by atoms with E-state index in [1.807, 2.05) is 0 Å². The zero-order valence-corrected chi connectivity index (χ0v) is 12.8. The maximum Gasteiger partial charge on any atom is 0.0594 e. The van der Waals surface area contributed by atoms with Gasteiger partial charge in [-0.2, -0.15) is 0 Å². The molecule has 1 saturated heterocycles. The van der Waals surface area contributed by atoms with Crippen molar-refractivity contribution in [2.75, 3.05) is 13.2 Å². The first kappa shape index (κ1) is 14.5. The summed E-state index contributed by atoms with van der Waals surface area (Å²) in [6.07, 6.45) is 3.96. The molecular weight excluding hydrogens is 234 g/mol. The lowest BCUT2D eigenvalue weighted by atomic mass is 9.90. The van der Waals surface area contributed by atoms with Gasteiger partial charge in [0.2, 0.25) is 0 Å². The number of nitrogens with one attached hydrogen (secondary N) is 1. The van der Waals surface area contributed by atoms with Crippen LogP contribution in [-0.2, 0) is 4.74 Å². The van der Waals surface area contributed by atoms with Crippen LogP contribution in [0.2, 0.25) is 0 Å². The highest BCUT2D eigenvalue weighted by molar-refractivity contribution is 5.39. The minimum absolute atomic E-state index is 0.425. The molecule has 1 aromatic rings. The molecule has 0 saturated carbocycles. The Morgan fingerprint density at radius 1 is 1.26 bits per heavy atom. The molecule has 2 atom stereocenters. The maximum absolute atomic E-state index is 5.81. The van der Waals surface area contributed by atoms with Crippen molar-refractivity contribution >= 4 is 0 Å². The van der Waals surface area contributed by atoms with Gasteiger partial charge in [0, 0.05) is 12.6 Å². The molecule has 2 heteroatoms. The Balaban J connectivity index is 2.22. The van der Waals surface area contributed by atoms with Crippen LogP contribution in [0.3, 0.4) is 0 Å². The predicted molar refractivity (Wildman–Crippen MR) is 80.7 cm³/mol. The van der Waals surface area contributed by atoms with Crippen LogP contribution in [0.15, 0.2) is 12.1 Å². The van der Waals surface area contributed by atoms with E-state index in [1.54, 1.807) is 0 Å². The SMILES string of the molecule is CCNC(CC1CCCO1)c1c(C)cc(C)cc1C. The van der Waals surface area contributed by atoms with Crippen molar-refractivity contribution in [1.29, 1.82) is 0 Å². The zero-order chi connectivity index (χ0) is 13.8. The smallest absolute Gasteiger partial charge is 0.0594 e. The Labute approximate surface area is 117 Å². The molecule has 106 valence electrons. The van der Waals surface area contributed by atoms with Crippen LogP contribution < -0.4 is 5.32 Å². The molecule has 19 heavy (non-hydrogen) atoms. The predicted octanol–water partition coefficient (Wildman–Crippen LogP) is 3.83. The van der Waals surface area contributed by atoms with Crippen LogP contribution >= 0.6 is 0 Å². The standard InChI is InChI=1S/C17H27NO/c1-5-18-16(11-15-7-6-8-19-15)17-13(3)9-12(2)10-14(17)4/h9-10,15-16,18H,5-8,11H2,1-4H3. The number of hydrogen-bond donors (Lipinski definition) is 1. The van der Waals surface area contributed by atoms with Gasteiger partial charge in [-0.1, -0.05) is 24.6 Å². The average Bonchev–Trinajstić information content (AvgIpc) is 2.80. The van der Waals surface area contributed by atoms with E-state index in [9.17, 15) is 0 Å². The molecule has 1 N–H and O–H groups in total. The lowest BCUT2D eigenvalue weighted by Crippen LogP contribution is -2.26. The summed E-state index contributed by atoms with van der Waals surface area (Å²) in [5.74, 6) is 0. The van der Waals surface area contributed by atoms with Crippen LogP contribution in [0, 0.1) is 20.8 Å². The van der Waals surface area contributed by atoms with Crippen LogP contribution in [-0.4, -0.2) is 19.3 Å². The van der Waals surface area contributed by atoms with Crippen LogP contribution in [0.25, 0.3) is 0 Å². The highest BCUT2D eigenvalue weighted by atomic mass is 16.5. The highest BCUT2D eigenvalue weighted by Gasteiger charge is 2.23. The summed E-state index contributed by atoms with van der Waals surface area (Å²) < 4.78 is 5.81. The topological polar surface area (TPSA) is 21.3 Å². The molecule has 0 amide bonds. The normalized spacial score (nSPS) is 20.7. The zero-order valence-electron chi connectivity index (χ0n) is 12.8. The molecule has 1 fully saturated rings. The lowest BCUT2D eigenvalue weighted by molar-refractivity contribution is 0.0946. The molecule has 0 radical (unpaired) electrons. The Bertz CT molecular complexity index is 398. The number of aryl methyl sites for hydroxylation is 3. The van der Waals surface area contributed by atoms with Gasteiger partial charge in [-0.3, -0.25) is 0 Å². The average molecular weight is 261 g/mol. The van der Waals surface area contributed by atoms with Crippen molar-refractivity contribution in [1.82, 2.24) is 5.32 Å². The fourth-order valence-corrected chi connectivity index (χ4v) is 3.38. The van der Waals surface area contributed by atoms with Gasteiger partial charge in [-0.15, -0.1) is 0 Å². The molecule has 0 aromatic heterocycles. The third kappa shape index (κ3) is 3.58. The van der Waals surface area contributed by atoms with Gasteiger partial charge in [0.1, 0.15) is 0 Å². The minimum Gasteiger partial charge on any atom is -0.378 e. The van der Waals surface area contributed by atoms with Gasteiger partial charge in [-0.25, -0.2) is 0 Å². The second-order valence-electron chi connectivity index (χ2n) is 5.79. The lowest BCUT2D eigenvalue weighted by Gasteiger charge is -2.25.